The maximum Gasteiger partial charge on any atom is 0.186 e. The van der Waals surface area contributed by atoms with Crippen LogP contribution in [0.15, 0.2) is 58.2 Å². The third-order valence-electron chi connectivity index (χ3n) is 4.27. The highest BCUT2D eigenvalue weighted by Crippen LogP contribution is 2.38. The molecule has 1 rings (SSSR count). The number of allylic oxidation sites excluding steroid dienone is 10. The van der Waals surface area contributed by atoms with E-state index in [1.54, 1.807) is 6.92 Å². The molecule has 1 aliphatic rings. The van der Waals surface area contributed by atoms with Gasteiger partial charge in [0.2, 0.25) is 0 Å². The molecule has 0 heterocycles. The van der Waals surface area contributed by atoms with Crippen LogP contribution in [-0.4, -0.2) is 11.6 Å². The van der Waals surface area contributed by atoms with E-state index in [1.807, 2.05) is 44.2 Å². The van der Waals surface area contributed by atoms with Gasteiger partial charge in [0.1, 0.15) is 0 Å². The average molecular weight is 341 g/mol. The van der Waals surface area contributed by atoms with Crippen molar-refractivity contribution in [3.63, 3.8) is 0 Å². The Morgan fingerprint density at radius 3 is 1.68 bits per heavy atom. The van der Waals surface area contributed by atoms with E-state index in [-0.39, 0.29) is 22.4 Å². The Morgan fingerprint density at radius 1 is 0.880 bits per heavy atom. The predicted octanol–water partition coefficient (Wildman–Crippen LogP) is 5.92. The molecule has 0 saturated carbocycles. The van der Waals surface area contributed by atoms with Crippen molar-refractivity contribution in [2.75, 3.05) is 0 Å². The fraction of sp³-hybridized carbons (Fsp3) is 0.478. The van der Waals surface area contributed by atoms with Gasteiger partial charge >= 0.3 is 0 Å². The summed E-state index contributed by atoms with van der Waals surface area (Å²) in [7, 11) is 0. The molecule has 0 fully saturated rings. The van der Waals surface area contributed by atoms with Gasteiger partial charge in [-0.25, -0.2) is 0 Å². The number of Topliss-reactive ketones (excluding diaryl/α,β-unsaturated/α-hetero) is 2. The molecule has 2 heteroatoms. The molecule has 0 radical (unpaired) electrons. The molecule has 0 aliphatic heterocycles. The van der Waals surface area contributed by atoms with Gasteiger partial charge in [-0.05, 0) is 54.9 Å². The molecule has 0 amide bonds. The third kappa shape index (κ3) is 5.81. The van der Waals surface area contributed by atoms with Crippen LogP contribution in [0.25, 0.3) is 0 Å². The van der Waals surface area contributed by atoms with Gasteiger partial charge in [-0.3, -0.25) is 9.59 Å². The maximum absolute atomic E-state index is 12.9. The number of carbonyl (C=O) groups is 2. The van der Waals surface area contributed by atoms with Crippen LogP contribution in [0.3, 0.4) is 0 Å². The van der Waals surface area contributed by atoms with Crippen LogP contribution in [0.2, 0.25) is 0 Å². The van der Waals surface area contributed by atoms with Gasteiger partial charge in [0.05, 0.1) is 0 Å². The first-order chi connectivity index (χ1) is 11.2. The molecular formula is C23H32O2. The minimum atomic E-state index is -0.204. The Morgan fingerprint density at radius 2 is 1.32 bits per heavy atom. The van der Waals surface area contributed by atoms with Crippen molar-refractivity contribution in [1.82, 2.24) is 0 Å². The van der Waals surface area contributed by atoms with E-state index in [4.69, 9.17) is 0 Å². The van der Waals surface area contributed by atoms with Crippen LogP contribution < -0.4 is 0 Å². The molecule has 1 aliphatic carbocycles. The number of rotatable bonds is 3. The molecule has 25 heavy (non-hydrogen) atoms. The molecule has 0 spiro atoms. The van der Waals surface area contributed by atoms with Gasteiger partial charge in [-0.15, -0.1) is 0 Å². The Balaban J connectivity index is 3.38. The van der Waals surface area contributed by atoms with E-state index in [0.717, 1.165) is 27.9 Å². The molecule has 0 aromatic heterocycles. The molecule has 0 N–H and O–H groups in total. The van der Waals surface area contributed by atoms with E-state index >= 15 is 0 Å². The lowest BCUT2D eigenvalue weighted by atomic mass is 9.72. The highest BCUT2D eigenvalue weighted by molar-refractivity contribution is 6.11. The number of hydrogen-bond donors (Lipinski definition) is 0. The van der Waals surface area contributed by atoms with Gasteiger partial charge in [0.25, 0.3) is 0 Å². The quantitative estimate of drug-likeness (QED) is 0.472. The van der Waals surface area contributed by atoms with Crippen molar-refractivity contribution in [3.05, 3.63) is 58.2 Å². The average Bonchev–Trinajstić information content (AvgIpc) is 2.43. The van der Waals surface area contributed by atoms with Gasteiger partial charge in [0, 0.05) is 11.1 Å². The lowest BCUT2D eigenvalue weighted by Crippen LogP contribution is -2.27. The van der Waals surface area contributed by atoms with Crippen LogP contribution in [0.4, 0.5) is 0 Å². The van der Waals surface area contributed by atoms with Crippen molar-refractivity contribution >= 4 is 11.6 Å². The smallest absolute Gasteiger partial charge is 0.186 e. The summed E-state index contributed by atoms with van der Waals surface area (Å²) in [5, 5.41) is 0. The summed E-state index contributed by atoms with van der Waals surface area (Å²) in [4.78, 5) is 24.3. The summed E-state index contributed by atoms with van der Waals surface area (Å²) >= 11 is 0. The second kappa shape index (κ2) is 7.51. The lowest BCUT2D eigenvalue weighted by Gasteiger charge is -2.31. The monoisotopic (exact) mass is 340 g/mol. The van der Waals surface area contributed by atoms with Gasteiger partial charge < -0.3 is 0 Å². The van der Waals surface area contributed by atoms with Crippen molar-refractivity contribution in [2.45, 2.75) is 62.3 Å². The van der Waals surface area contributed by atoms with Crippen LogP contribution >= 0.6 is 0 Å². The van der Waals surface area contributed by atoms with Crippen molar-refractivity contribution < 1.29 is 9.59 Å². The Labute approximate surface area is 153 Å². The zero-order valence-electron chi connectivity index (χ0n) is 17.2. The van der Waals surface area contributed by atoms with E-state index in [1.165, 1.54) is 0 Å². The fourth-order valence-electron chi connectivity index (χ4n) is 2.58. The fourth-order valence-corrected chi connectivity index (χ4v) is 2.58. The van der Waals surface area contributed by atoms with Crippen LogP contribution in [0, 0.1) is 10.8 Å². The highest BCUT2D eigenvalue weighted by atomic mass is 16.1. The number of hydrogen-bond acceptors (Lipinski definition) is 2. The lowest BCUT2D eigenvalue weighted by molar-refractivity contribution is -0.114. The summed E-state index contributed by atoms with van der Waals surface area (Å²) in [5.74, 6) is 0.221. The second-order valence-electron chi connectivity index (χ2n) is 8.91. The summed E-state index contributed by atoms with van der Waals surface area (Å²) in [6.45, 7) is 17.8. The topological polar surface area (TPSA) is 34.1 Å². The zero-order chi connectivity index (χ0) is 19.6. The highest BCUT2D eigenvalue weighted by Gasteiger charge is 2.33. The van der Waals surface area contributed by atoms with Crippen molar-refractivity contribution in [1.29, 1.82) is 0 Å². The summed E-state index contributed by atoms with van der Waals surface area (Å²) in [6.07, 6.45) is 9.87. The molecule has 136 valence electrons. The largest absolute Gasteiger partial charge is 0.295 e. The van der Waals surface area contributed by atoms with Crippen molar-refractivity contribution in [2.24, 2.45) is 10.8 Å². The maximum atomic E-state index is 12.9. The van der Waals surface area contributed by atoms with E-state index in [2.05, 4.69) is 41.5 Å². The molecule has 0 aromatic carbocycles. The minimum Gasteiger partial charge on any atom is -0.295 e. The standard InChI is InChI=1S/C23H32O2/c1-15(12-16(2)17(3)24)10-11-18-13-19(22(4,5)6)21(25)20(14-18)23(7,8)9/h10-14H,1-9H3/b15-10-,16-12-. The molecular weight excluding hydrogens is 308 g/mol. The number of carbonyl (C=O) groups excluding carboxylic acids is 2. The molecule has 0 atom stereocenters. The van der Waals surface area contributed by atoms with E-state index < -0.39 is 0 Å². The molecule has 0 aromatic rings. The minimum absolute atomic E-state index is 0.0773. The van der Waals surface area contributed by atoms with Crippen LogP contribution in [-0.2, 0) is 9.59 Å². The summed E-state index contributed by atoms with van der Waals surface area (Å²) < 4.78 is 0. The first-order valence-corrected chi connectivity index (χ1v) is 8.80. The van der Waals surface area contributed by atoms with Crippen LogP contribution in [0.5, 0.6) is 0 Å². The Bertz CT molecular complexity index is 685. The first kappa shape index (κ1) is 21.1. The number of ketones is 2. The molecule has 0 unspecified atom stereocenters. The van der Waals surface area contributed by atoms with E-state index in [9.17, 15) is 9.59 Å². The SMILES string of the molecule is CC(=O)/C(C)=C\C(C)=C/C=C1C=C(C(C)(C)C)C(=O)C(C(C)(C)C)=C1. The second-order valence-corrected chi connectivity index (χ2v) is 8.91. The normalized spacial score (nSPS) is 17.3. The van der Waals surface area contributed by atoms with E-state index in [0.29, 0.717) is 0 Å². The molecule has 0 bridgehead atoms. The Kier molecular flexibility index (Phi) is 6.33. The third-order valence-corrected chi connectivity index (χ3v) is 4.27. The first-order valence-electron chi connectivity index (χ1n) is 8.80. The Hall–Kier alpha value is -1.96. The van der Waals surface area contributed by atoms with Gasteiger partial charge in [-0.1, -0.05) is 65.3 Å². The van der Waals surface area contributed by atoms with Gasteiger partial charge in [0.15, 0.2) is 11.6 Å². The summed E-state index contributed by atoms with van der Waals surface area (Å²) in [5.41, 5.74) is 4.04. The van der Waals surface area contributed by atoms with Gasteiger partial charge in [-0.2, -0.15) is 0 Å². The van der Waals surface area contributed by atoms with Crippen LogP contribution in [0.1, 0.15) is 62.3 Å². The molecule has 2 nitrogen and oxygen atoms in total. The summed E-state index contributed by atoms with van der Waals surface area (Å²) in [6, 6.07) is 0. The van der Waals surface area contributed by atoms with Crippen molar-refractivity contribution in [3.8, 4) is 0 Å². The zero-order valence-corrected chi connectivity index (χ0v) is 17.2. The predicted molar refractivity (Wildman–Crippen MR) is 106 cm³/mol. The molecule has 0 saturated heterocycles.